The van der Waals surface area contributed by atoms with Gasteiger partial charge in [-0.1, -0.05) is 18.1 Å². The summed E-state index contributed by atoms with van der Waals surface area (Å²) in [4.78, 5) is 11.3. The molecule has 1 nitrogen and oxygen atoms in total. The minimum atomic E-state index is -0.308. The van der Waals surface area contributed by atoms with Crippen LogP contribution in [0.2, 0.25) is 0 Å². The number of carbonyl (C=O) groups is 1. The van der Waals surface area contributed by atoms with Crippen molar-refractivity contribution < 1.29 is 9.18 Å². The van der Waals surface area contributed by atoms with Crippen LogP contribution < -0.4 is 0 Å². The summed E-state index contributed by atoms with van der Waals surface area (Å²) >= 11 is 0. The van der Waals surface area contributed by atoms with Gasteiger partial charge in [-0.25, -0.2) is 4.39 Å². The van der Waals surface area contributed by atoms with Gasteiger partial charge in [0.2, 0.25) is 0 Å². The van der Waals surface area contributed by atoms with E-state index in [1.165, 1.54) is 12.1 Å². The van der Waals surface area contributed by atoms with E-state index in [0.717, 1.165) is 0 Å². The number of Topliss-reactive ketones (excluding diaryl/α,β-unsaturated/α-hetero) is 1. The van der Waals surface area contributed by atoms with Gasteiger partial charge in [-0.2, -0.15) is 0 Å². The van der Waals surface area contributed by atoms with Crippen molar-refractivity contribution >= 4 is 5.78 Å². The molecular formula is C12H11FO. The molecule has 0 N–H and O–H groups in total. The van der Waals surface area contributed by atoms with Gasteiger partial charge in [-0.05, 0) is 24.6 Å². The average Bonchev–Trinajstić information content (AvgIpc) is 2.15. The van der Waals surface area contributed by atoms with Crippen LogP contribution in [0.3, 0.4) is 0 Å². The second-order valence-electron chi connectivity index (χ2n) is 2.95. The lowest BCUT2D eigenvalue weighted by molar-refractivity contribution is -0.117. The summed E-state index contributed by atoms with van der Waals surface area (Å²) in [5.41, 5.74) is 0.702. The van der Waals surface area contributed by atoms with Crippen LogP contribution in [0.4, 0.5) is 4.39 Å². The second kappa shape index (κ2) is 5.18. The largest absolute Gasteiger partial charge is 0.298 e. The molecular weight excluding hydrogens is 179 g/mol. The zero-order chi connectivity index (χ0) is 10.4. The fraction of sp³-hybridized carbons (Fsp3) is 0.250. The first-order chi connectivity index (χ1) is 6.72. The molecule has 0 heterocycles. The minimum absolute atomic E-state index is 0.0185. The highest BCUT2D eigenvalue weighted by molar-refractivity contribution is 5.83. The molecule has 0 aromatic heterocycles. The average molecular weight is 190 g/mol. The van der Waals surface area contributed by atoms with Gasteiger partial charge in [0.1, 0.15) is 11.6 Å². The number of hydrogen-bond acceptors (Lipinski definition) is 1. The first-order valence-electron chi connectivity index (χ1n) is 4.38. The van der Waals surface area contributed by atoms with E-state index >= 15 is 0 Å². The maximum absolute atomic E-state index is 12.7. The van der Waals surface area contributed by atoms with Gasteiger partial charge in [0.25, 0.3) is 0 Å². The smallest absolute Gasteiger partial charge is 0.149 e. The Kier molecular flexibility index (Phi) is 3.87. The van der Waals surface area contributed by atoms with Crippen LogP contribution in [-0.4, -0.2) is 5.78 Å². The van der Waals surface area contributed by atoms with Crippen molar-refractivity contribution in [3.05, 3.63) is 35.6 Å². The molecule has 72 valence electrons. The van der Waals surface area contributed by atoms with E-state index in [9.17, 15) is 9.18 Å². The van der Waals surface area contributed by atoms with Gasteiger partial charge >= 0.3 is 0 Å². The van der Waals surface area contributed by atoms with Crippen LogP contribution >= 0.6 is 0 Å². The molecule has 1 aromatic carbocycles. The molecule has 0 bridgehead atoms. The van der Waals surface area contributed by atoms with Crippen molar-refractivity contribution in [2.45, 2.75) is 19.8 Å². The Bertz CT molecular complexity index is 385. The van der Waals surface area contributed by atoms with Crippen molar-refractivity contribution in [3.63, 3.8) is 0 Å². The fourth-order valence-electron chi connectivity index (χ4n) is 1.12. The highest BCUT2D eigenvalue weighted by atomic mass is 19.1. The monoisotopic (exact) mass is 190 g/mol. The summed E-state index contributed by atoms with van der Waals surface area (Å²) in [7, 11) is 0. The molecule has 0 fully saturated rings. The molecule has 0 amide bonds. The zero-order valence-corrected chi connectivity index (χ0v) is 8.01. The lowest BCUT2D eigenvalue weighted by Gasteiger charge is -1.97. The molecule has 0 radical (unpaired) electrons. The third-order valence-electron chi connectivity index (χ3n) is 1.75. The lowest BCUT2D eigenvalue weighted by Crippen LogP contribution is -2.01. The van der Waals surface area contributed by atoms with Crippen LogP contribution in [-0.2, 0) is 11.2 Å². The summed E-state index contributed by atoms with van der Waals surface area (Å²) in [6.45, 7) is 1.69. The van der Waals surface area contributed by atoms with Gasteiger partial charge in [0.05, 0.1) is 6.42 Å². The van der Waals surface area contributed by atoms with Crippen molar-refractivity contribution in [3.8, 4) is 11.8 Å². The van der Waals surface area contributed by atoms with Crippen LogP contribution in [0.25, 0.3) is 0 Å². The van der Waals surface area contributed by atoms with E-state index < -0.39 is 0 Å². The fourth-order valence-corrected chi connectivity index (χ4v) is 1.12. The summed E-state index contributed by atoms with van der Waals surface area (Å²) in [6, 6.07) is 6.07. The standard InChI is InChI=1S/C12H11FO/c1-2-3-7-12(14)9-10-5-4-6-11(13)8-10/h4-6,8H,7,9H2,1H3. The van der Waals surface area contributed by atoms with E-state index in [1.807, 2.05) is 0 Å². The predicted octanol–water partition coefficient (Wildman–Crippen LogP) is 2.35. The Labute approximate surface area is 82.9 Å². The molecule has 0 saturated carbocycles. The summed E-state index contributed by atoms with van der Waals surface area (Å²) in [5, 5.41) is 0. The molecule has 2 heteroatoms. The van der Waals surface area contributed by atoms with Gasteiger partial charge in [-0.15, -0.1) is 5.92 Å². The second-order valence-corrected chi connectivity index (χ2v) is 2.95. The molecule has 0 aliphatic rings. The molecule has 0 spiro atoms. The van der Waals surface area contributed by atoms with Gasteiger partial charge < -0.3 is 0 Å². The van der Waals surface area contributed by atoms with E-state index in [4.69, 9.17) is 0 Å². The number of ketones is 1. The predicted molar refractivity (Wildman–Crippen MR) is 53.2 cm³/mol. The van der Waals surface area contributed by atoms with Crippen molar-refractivity contribution in [1.82, 2.24) is 0 Å². The first kappa shape index (κ1) is 10.5. The van der Waals surface area contributed by atoms with Crippen molar-refractivity contribution in [1.29, 1.82) is 0 Å². The Morgan fingerprint density at radius 1 is 1.50 bits per heavy atom. The third-order valence-corrected chi connectivity index (χ3v) is 1.75. The highest BCUT2D eigenvalue weighted by Gasteiger charge is 2.02. The maximum Gasteiger partial charge on any atom is 0.149 e. The van der Waals surface area contributed by atoms with Crippen molar-refractivity contribution in [2.75, 3.05) is 0 Å². The van der Waals surface area contributed by atoms with Gasteiger partial charge in [0.15, 0.2) is 0 Å². The van der Waals surface area contributed by atoms with E-state index in [-0.39, 0.29) is 24.4 Å². The molecule has 1 aromatic rings. The molecule has 0 atom stereocenters. The van der Waals surface area contributed by atoms with Crippen LogP contribution in [0.15, 0.2) is 24.3 Å². The normalized spacial score (nSPS) is 9.00. The Morgan fingerprint density at radius 2 is 2.29 bits per heavy atom. The van der Waals surface area contributed by atoms with Crippen LogP contribution in [0.1, 0.15) is 18.9 Å². The van der Waals surface area contributed by atoms with Crippen LogP contribution in [0, 0.1) is 17.7 Å². The number of hydrogen-bond donors (Lipinski definition) is 0. The van der Waals surface area contributed by atoms with Gasteiger partial charge in [-0.3, -0.25) is 4.79 Å². The summed E-state index contributed by atoms with van der Waals surface area (Å²) in [6.07, 6.45) is 0.499. The first-order valence-corrected chi connectivity index (χ1v) is 4.38. The molecule has 0 aliphatic heterocycles. The topological polar surface area (TPSA) is 17.1 Å². The van der Waals surface area contributed by atoms with E-state index in [1.54, 1.807) is 19.1 Å². The number of benzene rings is 1. The minimum Gasteiger partial charge on any atom is -0.298 e. The maximum atomic E-state index is 12.7. The molecule has 0 aliphatic carbocycles. The Morgan fingerprint density at radius 3 is 2.93 bits per heavy atom. The van der Waals surface area contributed by atoms with Crippen molar-refractivity contribution in [2.24, 2.45) is 0 Å². The summed E-state index contributed by atoms with van der Waals surface area (Å²) < 4.78 is 12.7. The molecule has 1 rings (SSSR count). The lowest BCUT2D eigenvalue weighted by atomic mass is 10.1. The number of rotatable bonds is 3. The van der Waals surface area contributed by atoms with E-state index in [0.29, 0.717) is 5.56 Å². The SMILES string of the molecule is CC#CCC(=O)Cc1cccc(F)c1. The Hall–Kier alpha value is -1.62. The quantitative estimate of drug-likeness (QED) is 0.669. The number of carbonyl (C=O) groups excluding carboxylic acids is 1. The zero-order valence-electron chi connectivity index (χ0n) is 8.01. The number of halogens is 1. The third kappa shape index (κ3) is 3.40. The molecule has 0 saturated heterocycles. The molecule has 0 unspecified atom stereocenters. The molecule has 14 heavy (non-hydrogen) atoms. The van der Waals surface area contributed by atoms with E-state index in [2.05, 4.69) is 11.8 Å². The summed E-state index contributed by atoms with van der Waals surface area (Å²) in [5.74, 6) is 5.05. The Balaban J connectivity index is 2.59. The van der Waals surface area contributed by atoms with Gasteiger partial charge in [0, 0.05) is 6.42 Å². The van der Waals surface area contributed by atoms with Crippen LogP contribution in [0.5, 0.6) is 0 Å². The highest BCUT2D eigenvalue weighted by Crippen LogP contribution is 2.05.